The Kier molecular flexibility index (Phi) is 6.03. The van der Waals surface area contributed by atoms with Gasteiger partial charge in [0.25, 0.3) is 0 Å². The molecule has 1 amide bonds. The SMILES string of the molecule is CN(CC(=O)O)C(=O)CCC(C)(C)CCN. The molecule has 0 aromatic carbocycles. The zero-order valence-electron chi connectivity index (χ0n) is 10.3. The molecule has 0 saturated carbocycles. The molecule has 0 radical (unpaired) electrons. The molecular formula is C11H22N2O3. The van der Waals surface area contributed by atoms with E-state index in [9.17, 15) is 9.59 Å². The van der Waals surface area contributed by atoms with Gasteiger partial charge in [0.1, 0.15) is 6.54 Å². The Balaban J connectivity index is 4.01. The van der Waals surface area contributed by atoms with Crippen molar-refractivity contribution in [3.63, 3.8) is 0 Å². The van der Waals surface area contributed by atoms with Crippen LogP contribution in [0.2, 0.25) is 0 Å². The van der Waals surface area contributed by atoms with Gasteiger partial charge in [0.2, 0.25) is 5.91 Å². The zero-order valence-corrected chi connectivity index (χ0v) is 10.3. The van der Waals surface area contributed by atoms with Crippen LogP contribution in [-0.4, -0.2) is 42.0 Å². The van der Waals surface area contributed by atoms with E-state index in [1.165, 1.54) is 11.9 Å². The summed E-state index contributed by atoms with van der Waals surface area (Å²) in [6.45, 7) is 4.48. The number of carbonyl (C=O) groups is 2. The minimum atomic E-state index is -0.989. The van der Waals surface area contributed by atoms with Gasteiger partial charge in [0.15, 0.2) is 0 Å². The number of rotatable bonds is 7. The number of aliphatic carboxylic acids is 1. The maximum atomic E-state index is 11.6. The molecule has 0 saturated heterocycles. The summed E-state index contributed by atoms with van der Waals surface area (Å²) in [6.07, 6.45) is 1.96. The number of nitrogens with zero attached hydrogens (tertiary/aromatic N) is 1. The lowest BCUT2D eigenvalue weighted by molar-refractivity contribution is -0.143. The smallest absolute Gasteiger partial charge is 0.323 e. The summed E-state index contributed by atoms with van der Waals surface area (Å²) in [5.74, 6) is -1.12. The lowest BCUT2D eigenvalue weighted by atomic mass is 9.84. The Bertz CT molecular complexity index is 252. The molecule has 0 aromatic heterocycles. The largest absolute Gasteiger partial charge is 0.480 e. The van der Waals surface area contributed by atoms with Gasteiger partial charge in [-0.3, -0.25) is 9.59 Å². The molecule has 5 nitrogen and oxygen atoms in total. The predicted octanol–water partition coefficient (Wildman–Crippen LogP) is 0.685. The number of amides is 1. The average Bonchev–Trinajstić information content (AvgIpc) is 2.13. The fourth-order valence-corrected chi connectivity index (χ4v) is 1.44. The lowest BCUT2D eigenvalue weighted by Crippen LogP contribution is -2.32. The molecule has 16 heavy (non-hydrogen) atoms. The number of carboxylic acids is 1. The molecule has 0 bridgehead atoms. The fourth-order valence-electron chi connectivity index (χ4n) is 1.44. The maximum Gasteiger partial charge on any atom is 0.323 e. The monoisotopic (exact) mass is 230 g/mol. The highest BCUT2D eigenvalue weighted by molar-refractivity contribution is 5.81. The molecule has 0 aliphatic carbocycles. The van der Waals surface area contributed by atoms with Crippen LogP contribution in [0.1, 0.15) is 33.1 Å². The van der Waals surface area contributed by atoms with Crippen LogP contribution in [0.3, 0.4) is 0 Å². The van der Waals surface area contributed by atoms with Gasteiger partial charge in [-0.25, -0.2) is 0 Å². The van der Waals surface area contributed by atoms with E-state index in [0.29, 0.717) is 13.0 Å². The van der Waals surface area contributed by atoms with Crippen molar-refractivity contribution in [1.29, 1.82) is 0 Å². The first-order valence-electron chi connectivity index (χ1n) is 5.44. The van der Waals surface area contributed by atoms with Crippen LogP contribution in [0.5, 0.6) is 0 Å². The van der Waals surface area contributed by atoms with Crippen LogP contribution in [0.15, 0.2) is 0 Å². The number of hydrogen-bond acceptors (Lipinski definition) is 3. The average molecular weight is 230 g/mol. The van der Waals surface area contributed by atoms with Gasteiger partial charge in [-0.05, 0) is 24.8 Å². The highest BCUT2D eigenvalue weighted by Crippen LogP contribution is 2.26. The Hall–Kier alpha value is -1.10. The summed E-state index contributed by atoms with van der Waals surface area (Å²) in [5, 5.41) is 8.53. The summed E-state index contributed by atoms with van der Waals surface area (Å²) in [5.41, 5.74) is 5.51. The quantitative estimate of drug-likeness (QED) is 0.673. The molecule has 0 heterocycles. The number of likely N-dealkylation sites (N-methyl/N-ethyl adjacent to an activating group) is 1. The minimum Gasteiger partial charge on any atom is -0.480 e. The van der Waals surface area contributed by atoms with E-state index in [2.05, 4.69) is 13.8 Å². The summed E-state index contributed by atoms with van der Waals surface area (Å²) in [6, 6.07) is 0. The summed E-state index contributed by atoms with van der Waals surface area (Å²) in [4.78, 5) is 23.2. The van der Waals surface area contributed by atoms with Gasteiger partial charge in [-0.2, -0.15) is 0 Å². The van der Waals surface area contributed by atoms with Crippen molar-refractivity contribution >= 4 is 11.9 Å². The molecule has 0 rings (SSSR count). The first-order valence-corrected chi connectivity index (χ1v) is 5.44. The van der Waals surface area contributed by atoms with Crippen LogP contribution in [0.4, 0.5) is 0 Å². The third-order valence-corrected chi connectivity index (χ3v) is 2.63. The molecule has 0 aliphatic rings. The highest BCUT2D eigenvalue weighted by atomic mass is 16.4. The van der Waals surface area contributed by atoms with E-state index >= 15 is 0 Å². The van der Waals surface area contributed by atoms with Crippen LogP contribution in [0.25, 0.3) is 0 Å². The molecule has 0 aliphatic heterocycles. The standard InChI is InChI=1S/C11H22N2O3/c1-11(2,6-7-12)5-4-9(14)13(3)8-10(15)16/h4-8,12H2,1-3H3,(H,15,16). The normalized spacial score (nSPS) is 11.2. The van der Waals surface area contributed by atoms with Gasteiger partial charge in [0, 0.05) is 13.5 Å². The zero-order chi connectivity index (χ0) is 12.8. The molecule has 0 atom stereocenters. The van der Waals surface area contributed by atoms with Gasteiger partial charge in [-0.15, -0.1) is 0 Å². The first kappa shape index (κ1) is 14.9. The van der Waals surface area contributed by atoms with Crippen molar-refractivity contribution in [2.24, 2.45) is 11.1 Å². The van der Waals surface area contributed by atoms with E-state index in [1.807, 2.05) is 0 Å². The van der Waals surface area contributed by atoms with Crippen molar-refractivity contribution in [2.75, 3.05) is 20.1 Å². The molecule has 5 heteroatoms. The van der Waals surface area contributed by atoms with E-state index in [4.69, 9.17) is 10.8 Å². The van der Waals surface area contributed by atoms with Gasteiger partial charge in [-0.1, -0.05) is 13.8 Å². The summed E-state index contributed by atoms with van der Waals surface area (Å²) in [7, 11) is 1.51. The van der Waals surface area contributed by atoms with Crippen molar-refractivity contribution in [3.05, 3.63) is 0 Å². The Morgan fingerprint density at radius 3 is 2.31 bits per heavy atom. The highest BCUT2D eigenvalue weighted by Gasteiger charge is 2.20. The molecule has 0 aromatic rings. The number of hydrogen-bond donors (Lipinski definition) is 2. The van der Waals surface area contributed by atoms with Crippen molar-refractivity contribution in [1.82, 2.24) is 4.90 Å². The number of nitrogens with two attached hydrogens (primary N) is 1. The second-order valence-corrected chi connectivity index (χ2v) is 4.85. The third-order valence-electron chi connectivity index (χ3n) is 2.63. The van der Waals surface area contributed by atoms with Crippen LogP contribution in [-0.2, 0) is 9.59 Å². The minimum absolute atomic E-state index is 0.0362. The van der Waals surface area contributed by atoms with E-state index in [0.717, 1.165) is 12.8 Å². The Morgan fingerprint density at radius 1 is 1.31 bits per heavy atom. The topological polar surface area (TPSA) is 83.6 Å². The maximum absolute atomic E-state index is 11.6. The third kappa shape index (κ3) is 6.40. The van der Waals surface area contributed by atoms with Crippen LogP contribution < -0.4 is 5.73 Å². The Morgan fingerprint density at radius 2 is 1.88 bits per heavy atom. The van der Waals surface area contributed by atoms with Gasteiger partial charge in [0.05, 0.1) is 0 Å². The van der Waals surface area contributed by atoms with E-state index in [1.54, 1.807) is 0 Å². The van der Waals surface area contributed by atoms with Crippen LogP contribution in [0, 0.1) is 5.41 Å². The predicted molar refractivity (Wildman–Crippen MR) is 62.0 cm³/mol. The molecule has 94 valence electrons. The second-order valence-electron chi connectivity index (χ2n) is 4.85. The molecule has 0 fully saturated rings. The number of carboxylic acid groups (broad SMARTS) is 1. The van der Waals surface area contributed by atoms with Crippen molar-refractivity contribution in [3.8, 4) is 0 Å². The number of carbonyl (C=O) groups excluding carboxylic acids is 1. The summed E-state index contributed by atoms with van der Waals surface area (Å²) < 4.78 is 0. The molecule has 0 unspecified atom stereocenters. The van der Waals surface area contributed by atoms with E-state index < -0.39 is 5.97 Å². The lowest BCUT2D eigenvalue weighted by Gasteiger charge is -2.24. The van der Waals surface area contributed by atoms with Gasteiger partial charge >= 0.3 is 5.97 Å². The summed E-state index contributed by atoms with van der Waals surface area (Å²) >= 11 is 0. The second kappa shape index (κ2) is 6.48. The van der Waals surface area contributed by atoms with Crippen LogP contribution >= 0.6 is 0 Å². The van der Waals surface area contributed by atoms with Gasteiger partial charge < -0.3 is 15.7 Å². The van der Waals surface area contributed by atoms with Crippen molar-refractivity contribution < 1.29 is 14.7 Å². The molecule has 0 spiro atoms. The fraction of sp³-hybridized carbons (Fsp3) is 0.818. The first-order chi connectivity index (χ1) is 7.28. The molecule has 3 N–H and O–H groups in total. The molecular weight excluding hydrogens is 208 g/mol. The van der Waals surface area contributed by atoms with E-state index in [-0.39, 0.29) is 17.9 Å². The van der Waals surface area contributed by atoms with Crippen molar-refractivity contribution in [2.45, 2.75) is 33.1 Å². The Labute approximate surface area is 96.6 Å².